The van der Waals surface area contributed by atoms with Gasteiger partial charge in [0.15, 0.2) is 0 Å². The number of para-hydroxylation sites is 2. The molecule has 1 aromatic heterocycles. The van der Waals surface area contributed by atoms with Crippen molar-refractivity contribution in [2.24, 2.45) is 5.41 Å². The molecule has 1 saturated carbocycles. The number of rotatable bonds is 1. The first-order chi connectivity index (χ1) is 8.57. The van der Waals surface area contributed by atoms with Gasteiger partial charge in [0, 0.05) is 6.04 Å². The molecule has 1 aliphatic carbocycles. The smallest absolute Gasteiger partial charge is 0.201 e. The number of hydrogen-bond acceptors (Lipinski definition) is 2. The van der Waals surface area contributed by atoms with Crippen LogP contribution in [0.4, 0.5) is 5.95 Å². The van der Waals surface area contributed by atoms with Gasteiger partial charge in [0.05, 0.1) is 11.0 Å². The highest BCUT2D eigenvalue weighted by molar-refractivity contribution is 5.78. The number of nitrogen functional groups attached to an aromatic ring is 1. The first-order valence-electron chi connectivity index (χ1n) is 6.79. The van der Waals surface area contributed by atoms with Crippen LogP contribution in [-0.4, -0.2) is 9.55 Å². The zero-order chi connectivity index (χ0) is 12.8. The summed E-state index contributed by atoms with van der Waals surface area (Å²) in [5.41, 5.74) is 8.73. The lowest BCUT2D eigenvalue weighted by molar-refractivity contribution is 0.187. The predicted octanol–water partition coefficient (Wildman–Crippen LogP) is 3.76. The molecule has 0 saturated heterocycles. The summed E-state index contributed by atoms with van der Waals surface area (Å²) >= 11 is 0. The van der Waals surface area contributed by atoms with Crippen LogP contribution in [0.15, 0.2) is 24.3 Å². The fourth-order valence-electron chi connectivity index (χ4n) is 3.33. The number of nitrogens with two attached hydrogens (primary N) is 1. The zero-order valence-corrected chi connectivity index (χ0v) is 11.2. The number of hydrogen-bond donors (Lipinski definition) is 1. The summed E-state index contributed by atoms with van der Waals surface area (Å²) in [7, 11) is 0. The summed E-state index contributed by atoms with van der Waals surface area (Å²) in [5, 5.41) is 0. The minimum atomic E-state index is 0.417. The van der Waals surface area contributed by atoms with E-state index in [4.69, 9.17) is 5.73 Å². The third kappa shape index (κ3) is 1.88. The van der Waals surface area contributed by atoms with E-state index in [1.807, 2.05) is 12.1 Å². The average Bonchev–Trinajstić information content (AvgIpc) is 2.63. The SMILES string of the molecule is CC1(C)CCCC(n2c(N)nc3ccccc32)C1. The van der Waals surface area contributed by atoms with E-state index in [1.165, 1.54) is 31.2 Å². The Labute approximate surface area is 108 Å². The fourth-order valence-corrected chi connectivity index (χ4v) is 3.33. The van der Waals surface area contributed by atoms with Crippen LogP contribution >= 0.6 is 0 Å². The van der Waals surface area contributed by atoms with Crippen LogP contribution in [-0.2, 0) is 0 Å². The van der Waals surface area contributed by atoms with Crippen molar-refractivity contribution < 1.29 is 0 Å². The van der Waals surface area contributed by atoms with E-state index < -0.39 is 0 Å². The van der Waals surface area contributed by atoms with Gasteiger partial charge < -0.3 is 10.3 Å². The Bertz CT molecular complexity index is 568. The second-order valence-corrected chi connectivity index (χ2v) is 6.24. The number of benzene rings is 1. The summed E-state index contributed by atoms with van der Waals surface area (Å²) in [5.74, 6) is 0.666. The lowest BCUT2D eigenvalue weighted by Gasteiger charge is -2.36. The molecule has 0 radical (unpaired) electrons. The molecule has 3 heteroatoms. The first kappa shape index (κ1) is 11.6. The van der Waals surface area contributed by atoms with Crippen LogP contribution < -0.4 is 5.73 Å². The highest BCUT2D eigenvalue weighted by Crippen LogP contribution is 2.42. The summed E-state index contributed by atoms with van der Waals surface area (Å²) in [6, 6.07) is 8.75. The predicted molar refractivity (Wildman–Crippen MR) is 75.4 cm³/mol. The molecule has 2 aromatic rings. The molecule has 1 atom stereocenters. The lowest BCUT2D eigenvalue weighted by atomic mass is 9.75. The molecule has 0 amide bonds. The second kappa shape index (κ2) is 4.01. The van der Waals surface area contributed by atoms with Crippen molar-refractivity contribution >= 4 is 17.0 Å². The Kier molecular flexibility index (Phi) is 2.58. The van der Waals surface area contributed by atoms with Crippen molar-refractivity contribution in [1.82, 2.24) is 9.55 Å². The van der Waals surface area contributed by atoms with Gasteiger partial charge in [-0.15, -0.1) is 0 Å². The molecule has 1 aliphatic rings. The summed E-state index contributed by atoms with van der Waals surface area (Å²) in [6.45, 7) is 4.71. The maximum Gasteiger partial charge on any atom is 0.201 e. The van der Waals surface area contributed by atoms with Crippen molar-refractivity contribution in [3.05, 3.63) is 24.3 Å². The number of nitrogens with zero attached hydrogens (tertiary/aromatic N) is 2. The zero-order valence-electron chi connectivity index (χ0n) is 11.2. The highest BCUT2D eigenvalue weighted by Gasteiger charge is 2.30. The molecule has 1 aromatic carbocycles. The van der Waals surface area contributed by atoms with Gasteiger partial charge in [0.25, 0.3) is 0 Å². The summed E-state index contributed by atoms with van der Waals surface area (Å²) in [6.07, 6.45) is 5.01. The van der Waals surface area contributed by atoms with Crippen molar-refractivity contribution in [3.63, 3.8) is 0 Å². The third-order valence-electron chi connectivity index (χ3n) is 4.17. The van der Waals surface area contributed by atoms with Crippen LogP contribution in [0.3, 0.4) is 0 Å². The highest BCUT2D eigenvalue weighted by atomic mass is 15.2. The Morgan fingerprint density at radius 3 is 2.89 bits per heavy atom. The van der Waals surface area contributed by atoms with Crippen LogP contribution in [0.1, 0.15) is 45.6 Å². The molecule has 1 heterocycles. The molecule has 1 unspecified atom stereocenters. The van der Waals surface area contributed by atoms with E-state index in [9.17, 15) is 0 Å². The minimum Gasteiger partial charge on any atom is -0.369 e. The van der Waals surface area contributed by atoms with Gasteiger partial charge in [-0.2, -0.15) is 0 Å². The van der Waals surface area contributed by atoms with Crippen molar-refractivity contribution in [1.29, 1.82) is 0 Å². The largest absolute Gasteiger partial charge is 0.369 e. The molecule has 3 rings (SSSR count). The number of aromatic nitrogens is 2. The number of fused-ring (bicyclic) bond motifs is 1. The molecule has 1 fully saturated rings. The van der Waals surface area contributed by atoms with Crippen LogP contribution in [0.5, 0.6) is 0 Å². The van der Waals surface area contributed by atoms with Gasteiger partial charge in [-0.1, -0.05) is 32.4 Å². The van der Waals surface area contributed by atoms with Gasteiger partial charge in [0.1, 0.15) is 0 Å². The van der Waals surface area contributed by atoms with Gasteiger partial charge >= 0.3 is 0 Å². The third-order valence-corrected chi connectivity index (χ3v) is 4.17. The molecule has 2 N–H and O–H groups in total. The van der Waals surface area contributed by atoms with Crippen molar-refractivity contribution in [3.8, 4) is 0 Å². The van der Waals surface area contributed by atoms with Crippen LogP contribution in [0, 0.1) is 5.41 Å². The summed E-state index contributed by atoms with van der Waals surface area (Å²) in [4.78, 5) is 4.48. The maximum absolute atomic E-state index is 6.12. The van der Waals surface area contributed by atoms with E-state index in [0.717, 1.165) is 5.52 Å². The van der Waals surface area contributed by atoms with E-state index in [0.29, 0.717) is 17.4 Å². The maximum atomic E-state index is 6.12. The Balaban J connectivity index is 2.06. The quantitative estimate of drug-likeness (QED) is 0.828. The van der Waals surface area contributed by atoms with Crippen molar-refractivity contribution in [2.45, 2.75) is 45.6 Å². The van der Waals surface area contributed by atoms with Crippen LogP contribution in [0.2, 0.25) is 0 Å². The molecule has 3 nitrogen and oxygen atoms in total. The number of imidazole rings is 1. The van der Waals surface area contributed by atoms with E-state index in [1.54, 1.807) is 0 Å². The van der Waals surface area contributed by atoms with Gasteiger partial charge in [-0.05, 0) is 36.8 Å². The molecule has 0 spiro atoms. The molecular formula is C15H21N3. The van der Waals surface area contributed by atoms with Crippen molar-refractivity contribution in [2.75, 3.05) is 5.73 Å². The molecule has 0 bridgehead atoms. The lowest BCUT2D eigenvalue weighted by Crippen LogP contribution is -2.25. The first-order valence-corrected chi connectivity index (χ1v) is 6.79. The van der Waals surface area contributed by atoms with Gasteiger partial charge in [-0.25, -0.2) is 4.98 Å². The monoisotopic (exact) mass is 243 g/mol. The van der Waals surface area contributed by atoms with Crippen LogP contribution in [0.25, 0.3) is 11.0 Å². The van der Waals surface area contributed by atoms with E-state index >= 15 is 0 Å². The Hall–Kier alpha value is -1.51. The second-order valence-electron chi connectivity index (χ2n) is 6.24. The van der Waals surface area contributed by atoms with Gasteiger partial charge in [-0.3, -0.25) is 0 Å². The van der Waals surface area contributed by atoms with E-state index in [-0.39, 0.29) is 0 Å². The summed E-state index contributed by atoms with van der Waals surface area (Å²) < 4.78 is 2.25. The van der Waals surface area contributed by atoms with Gasteiger partial charge in [0.2, 0.25) is 5.95 Å². The fraction of sp³-hybridized carbons (Fsp3) is 0.533. The Morgan fingerprint density at radius 1 is 1.33 bits per heavy atom. The molecule has 18 heavy (non-hydrogen) atoms. The average molecular weight is 243 g/mol. The molecule has 96 valence electrons. The molecule has 0 aliphatic heterocycles. The number of anilines is 1. The minimum absolute atomic E-state index is 0.417. The van der Waals surface area contributed by atoms with E-state index in [2.05, 4.69) is 35.5 Å². The standard InChI is InChI=1S/C15H21N3/c1-15(2)9-5-6-11(10-15)18-13-8-4-3-7-12(13)17-14(18)16/h3-4,7-8,11H,5-6,9-10H2,1-2H3,(H2,16,17). The topological polar surface area (TPSA) is 43.8 Å². The normalized spacial score (nSPS) is 23.3. The molecular weight excluding hydrogens is 222 g/mol. The Morgan fingerprint density at radius 2 is 2.11 bits per heavy atom.